The lowest BCUT2D eigenvalue weighted by atomic mass is 9.95. The van der Waals surface area contributed by atoms with Crippen LogP contribution in [0.1, 0.15) is 63.6 Å². The van der Waals surface area contributed by atoms with Crippen LogP contribution in [0.15, 0.2) is 16.7 Å². The van der Waals surface area contributed by atoms with Gasteiger partial charge in [-0.2, -0.15) is 0 Å². The van der Waals surface area contributed by atoms with E-state index in [2.05, 4.69) is 41.6 Å². The summed E-state index contributed by atoms with van der Waals surface area (Å²) in [6.07, 6.45) is 1.43. The molecule has 0 fully saturated rings. The highest BCUT2D eigenvalue weighted by Gasteiger charge is 2.23. The van der Waals surface area contributed by atoms with Gasteiger partial charge in [-0.05, 0) is 32.4 Å². The topological polar surface area (TPSA) is 97.1 Å². The van der Waals surface area contributed by atoms with Crippen molar-refractivity contribution in [3.63, 3.8) is 0 Å². The highest BCUT2D eigenvalue weighted by atomic mass is 32.1. The van der Waals surface area contributed by atoms with Crippen molar-refractivity contribution in [3.8, 4) is 0 Å². The Balaban J connectivity index is 1.87. The minimum absolute atomic E-state index is 0.185. The predicted molar refractivity (Wildman–Crippen MR) is 104 cm³/mol. The van der Waals surface area contributed by atoms with Gasteiger partial charge in [-0.25, -0.2) is 9.97 Å². The Bertz CT molecular complexity index is 1040. The Morgan fingerprint density at radius 3 is 2.33 bits per heavy atom. The van der Waals surface area contributed by atoms with Crippen molar-refractivity contribution in [2.45, 2.75) is 47.0 Å². The van der Waals surface area contributed by atoms with Gasteiger partial charge in [-0.3, -0.25) is 20.4 Å². The van der Waals surface area contributed by atoms with Gasteiger partial charge in [0.15, 0.2) is 0 Å². The second-order valence-electron chi connectivity index (χ2n) is 7.42. The summed E-state index contributed by atoms with van der Waals surface area (Å²) in [6.45, 7) is 11.6. The second kappa shape index (κ2) is 6.77. The van der Waals surface area contributed by atoms with Crippen LogP contribution in [0, 0.1) is 20.8 Å². The van der Waals surface area contributed by atoms with Crippen molar-refractivity contribution in [1.82, 2.24) is 20.8 Å². The van der Waals surface area contributed by atoms with Gasteiger partial charge in [0.05, 0.1) is 22.4 Å². The van der Waals surface area contributed by atoms with E-state index in [9.17, 15) is 9.59 Å². The summed E-state index contributed by atoms with van der Waals surface area (Å²) < 4.78 is 5.10. The molecule has 0 spiro atoms. The largest absolute Gasteiger partial charge is 0.469 e. The first-order valence-electron chi connectivity index (χ1n) is 8.52. The molecular formula is C19H22N4O3S. The van der Waals surface area contributed by atoms with E-state index < -0.39 is 5.91 Å². The normalized spacial score (nSPS) is 11.6. The van der Waals surface area contributed by atoms with Gasteiger partial charge in [0, 0.05) is 10.8 Å². The summed E-state index contributed by atoms with van der Waals surface area (Å²) in [5.41, 5.74) is 6.72. The van der Waals surface area contributed by atoms with E-state index >= 15 is 0 Å². The second-order valence-corrected chi connectivity index (χ2v) is 8.42. The number of rotatable bonds is 2. The first-order valence-corrected chi connectivity index (χ1v) is 9.34. The molecule has 0 aliphatic heterocycles. The Morgan fingerprint density at radius 1 is 1.07 bits per heavy atom. The number of furan rings is 1. The van der Waals surface area contributed by atoms with Crippen molar-refractivity contribution in [2.24, 2.45) is 0 Å². The van der Waals surface area contributed by atoms with E-state index in [1.807, 2.05) is 13.8 Å². The molecule has 0 unspecified atom stereocenters. The van der Waals surface area contributed by atoms with Gasteiger partial charge in [0.1, 0.15) is 16.4 Å². The van der Waals surface area contributed by atoms with Gasteiger partial charge in [-0.1, -0.05) is 20.8 Å². The molecule has 2 N–H and O–H groups in total. The summed E-state index contributed by atoms with van der Waals surface area (Å²) in [5, 5.41) is 0.884. The zero-order chi connectivity index (χ0) is 19.9. The third-order valence-electron chi connectivity index (χ3n) is 4.24. The lowest BCUT2D eigenvalue weighted by molar-refractivity contribution is 0.0847. The first-order chi connectivity index (χ1) is 12.6. The van der Waals surface area contributed by atoms with Gasteiger partial charge < -0.3 is 4.42 Å². The molecule has 27 heavy (non-hydrogen) atoms. The molecule has 3 aromatic rings. The number of thiophene rings is 1. The van der Waals surface area contributed by atoms with Crippen LogP contribution in [0.3, 0.4) is 0 Å². The molecule has 0 saturated heterocycles. The molecule has 0 aliphatic carbocycles. The third kappa shape index (κ3) is 3.57. The summed E-state index contributed by atoms with van der Waals surface area (Å²) in [6, 6.07) is 1.55. The highest BCUT2D eigenvalue weighted by molar-refractivity contribution is 7.20. The number of hydrogen-bond donors (Lipinski definition) is 2. The fourth-order valence-electron chi connectivity index (χ4n) is 2.75. The van der Waals surface area contributed by atoms with Crippen LogP contribution in [0.4, 0.5) is 0 Å². The smallest absolute Gasteiger partial charge is 0.280 e. The number of carbonyl (C=O) groups is 2. The van der Waals surface area contributed by atoms with Crippen molar-refractivity contribution < 1.29 is 14.0 Å². The maximum atomic E-state index is 12.6. The Morgan fingerprint density at radius 2 is 1.74 bits per heavy atom. The van der Waals surface area contributed by atoms with Crippen molar-refractivity contribution in [3.05, 3.63) is 45.6 Å². The van der Waals surface area contributed by atoms with Crippen LogP contribution in [0.5, 0.6) is 0 Å². The third-order valence-corrected chi connectivity index (χ3v) is 5.43. The van der Waals surface area contributed by atoms with E-state index in [1.165, 1.54) is 17.6 Å². The molecule has 0 atom stereocenters. The number of aryl methyl sites for hydroxylation is 3. The Kier molecular flexibility index (Phi) is 4.77. The zero-order valence-corrected chi connectivity index (χ0v) is 17.0. The van der Waals surface area contributed by atoms with Gasteiger partial charge in [-0.15, -0.1) is 11.3 Å². The Labute approximate surface area is 161 Å². The average Bonchev–Trinajstić information content (AvgIpc) is 3.15. The van der Waals surface area contributed by atoms with Crippen LogP contribution in [0.2, 0.25) is 0 Å². The Hall–Kier alpha value is -2.74. The van der Waals surface area contributed by atoms with E-state index in [0.29, 0.717) is 16.2 Å². The number of hydrogen-bond acceptors (Lipinski definition) is 6. The molecule has 3 aromatic heterocycles. The monoisotopic (exact) mass is 386 g/mol. The van der Waals surface area contributed by atoms with Crippen molar-refractivity contribution in [2.75, 3.05) is 0 Å². The SMILES string of the molecule is Cc1occc1C(=O)NNC(=O)c1sc2nc(C(C)(C)C)nc(C)c2c1C. The minimum atomic E-state index is -0.431. The molecule has 7 nitrogen and oxygen atoms in total. The van der Waals surface area contributed by atoms with Crippen LogP contribution in [-0.4, -0.2) is 21.8 Å². The van der Waals surface area contributed by atoms with Gasteiger partial charge >= 0.3 is 0 Å². The number of nitrogens with one attached hydrogen (secondary N) is 2. The van der Waals surface area contributed by atoms with Crippen LogP contribution >= 0.6 is 11.3 Å². The fourth-order valence-corrected chi connectivity index (χ4v) is 3.88. The maximum absolute atomic E-state index is 12.6. The number of carbonyl (C=O) groups excluding carboxylic acids is 2. The van der Waals surface area contributed by atoms with E-state index in [4.69, 9.17) is 4.42 Å². The molecule has 0 saturated carbocycles. The number of amides is 2. The van der Waals surface area contributed by atoms with Crippen LogP contribution in [0.25, 0.3) is 10.2 Å². The molecule has 0 aromatic carbocycles. The molecular weight excluding hydrogens is 364 g/mol. The molecule has 142 valence electrons. The zero-order valence-electron chi connectivity index (χ0n) is 16.2. The molecule has 0 aliphatic rings. The molecule has 8 heteroatoms. The number of fused-ring (bicyclic) bond motifs is 1. The molecule has 0 radical (unpaired) electrons. The van der Waals surface area contributed by atoms with Crippen molar-refractivity contribution in [1.29, 1.82) is 0 Å². The standard InChI is InChI=1S/C19H22N4O3S/c1-9-13-10(2)20-18(19(4,5)6)21-17(13)27-14(9)16(25)23-22-15(24)12-7-8-26-11(12)3/h7-8H,1-6H3,(H,22,24)(H,23,25). The number of nitrogens with zero attached hydrogens (tertiary/aromatic N) is 2. The van der Waals surface area contributed by atoms with Gasteiger partial charge in [0.25, 0.3) is 11.8 Å². The van der Waals surface area contributed by atoms with E-state index in [-0.39, 0.29) is 11.3 Å². The summed E-state index contributed by atoms with van der Waals surface area (Å²) in [4.78, 5) is 35.2. The average molecular weight is 386 g/mol. The van der Waals surface area contributed by atoms with E-state index in [0.717, 1.165) is 27.3 Å². The maximum Gasteiger partial charge on any atom is 0.280 e. The van der Waals surface area contributed by atoms with Crippen LogP contribution in [-0.2, 0) is 5.41 Å². The fraction of sp³-hybridized carbons (Fsp3) is 0.368. The quantitative estimate of drug-likeness (QED) is 0.656. The molecule has 3 heterocycles. The minimum Gasteiger partial charge on any atom is -0.469 e. The molecule has 2 amide bonds. The number of hydrazine groups is 1. The lowest BCUT2D eigenvalue weighted by Crippen LogP contribution is -2.41. The molecule has 3 rings (SSSR count). The van der Waals surface area contributed by atoms with E-state index in [1.54, 1.807) is 13.0 Å². The predicted octanol–water partition coefficient (Wildman–Crippen LogP) is 3.58. The molecule has 0 bridgehead atoms. The first kappa shape index (κ1) is 19.0. The lowest BCUT2D eigenvalue weighted by Gasteiger charge is -2.16. The summed E-state index contributed by atoms with van der Waals surface area (Å²) >= 11 is 1.30. The van der Waals surface area contributed by atoms with Crippen molar-refractivity contribution >= 4 is 33.4 Å². The number of aromatic nitrogens is 2. The van der Waals surface area contributed by atoms with Gasteiger partial charge in [0.2, 0.25) is 0 Å². The summed E-state index contributed by atoms with van der Waals surface area (Å²) in [5.74, 6) is 0.408. The van der Waals surface area contributed by atoms with Crippen LogP contribution < -0.4 is 10.9 Å². The highest BCUT2D eigenvalue weighted by Crippen LogP contribution is 2.33. The summed E-state index contributed by atoms with van der Waals surface area (Å²) in [7, 11) is 0.